The molecule has 3 aromatic rings. The number of aromatic nitrogens is 2. The van der Waals surface area contributed by atoms with Crippen molar-refractivity contribution in [2.75, 3.05) is 5.73 Å². The number of nitrogens with two attached hydrogens (primary N) is 1. The number of nitrogen functional groups attached to an aromatic ring is 1. The number of anilines is 1. The summed E-state index contributed by atoms with van der Waals surface area (Å²) in [5.74, 6) is 0.0526. The molecule has 2 aromatic carbocycles. The highest BCUT2D eigenvalue weighted by molar-refractivity contribution is 6.31. The van der Waals surface area contributed by atoms with Gasteiger partial charge in [0.1, 0.15) is 5.82 Å². The molecular weight excluding hydrogens is 316 g/mol. The number of hydrogen-bond acceptors (Lipinski definition) is 4. The van der Waals surface area contributed by atoms with Crippen LogP contribution in [0.5, 0.6) is 0 Å². The van der Waals surface area contributed by atoms with Gasteiger partial charge in [-0.15, -0.1) is 0 Å². The summed E-state index contributed by atoms with van der Waals surface area (Å²) in [5.41, 5.74) is 7.36. The van der Waals surface area contributed by atoms with E-state index in [2.05, 4.69) is 10.1 Å². The molecule has 2 N–H and O–H groups in total. The van der Waals surface area contributed by atoms with Gasteiger partial charge in [-0.2, -0.15) is 4.98 Å². The second kappa shape index (κ2) is 5.35. The Hall–Kier alpha value is -2.11. The van der Waals surface area contributed by atoms with E-state index in [1.54, 1.807) is 18.2 Å². The van der Waals surface area contributed by atoms with Gasteiger partial charge in [0.25, 0.3) is 5.89 Å². The van der Waals surface area contributed by atoms with Gasteiger partial charge < -0.3 is 10.3 Å². The summed E-state index contributed by atoms with van der Waals surface area (Å²) in [6.45, 7) is 0. The van der Waals surface area contributed by atoms with Crippen LogP contribution in [0.2, 0.25) is 10.0 Å². The van der Waals surface area contributed by atoms with Gasteiger partial charge in [0.2, 0.25) is 5.82 Å². The lowest BCUT2D eigenvalue weighted by Gasteiger charge is -1.98. The molecule has 0 radical (unpaired) electrons. The van der Waals surface area contributed by atoms with E-state index in [-0.39, 0.29) is 10.9 Å². The predicted octanol–water partition coefficient (Wildman–Crippen LogP) is 4.43. The second-order valence-corrected chi connectivity index (χ2v) is 5.17. The molecule has 0 atom stereocenters. The van der Waals surface area contributed by atoms with Crippen LogP contribution in [0.4, 0.5) is 10.1 Å². The Kier molecular flexibility index (Phi) is 3.53. The van der Waals surface area contributed by atoms with Crippen molar-refractivity contribution in [2.45, 2.75) is 0 Å². The van der Waals surface area contributed by atoms with Crippen LogP contribution in [0.1, 0.15) is 0 Å². The van der Waals surface area contributed by atoms with Crippen molar-refractivity contribution in [3.63, 3.8) is 0 Å². The van der Waals surface area contributed by atoms with Crippen molar-refractivity contribution in [1.29, 1.82) is 0 Å². The SMILES string of the molecule is Nc1cc(Cl)cc(-c2nc(-c3ccc(F)c(Cl)c3)no2)c1. The van der Waals surface area contributed by atoms with E-state index in [0.29, 0.717) is 27.7 Å². The van der Waals surface area contributed by atoms with Gasteiger partial charge in [-0.1, -0.05) is 28.4 Å². The first-order chi connectivity index (χ1) is 10.0. The van der Waals surface area contributed by atoms with Gasteiger partial charge >= 0.3 is 0 Å². The normalized spacial score (nSPS) is 10.8. The number of benzene rings is 2. The van der Waals surface area contributed by atoms with E-state index in [1.807, 2.05) is 0 Å². The van der Waals surface area contributed by atoms with Crippen LogP contribution in [-0.4, -0.2) is 10.1 Å². The van der Waals surface area contributed by atoms with Crippen LogP contribution in [-0.2, 0) is 0 Å². The van der Waals surface area contributed by atoms with Gasteiger partial charge in [-0.3, -0.25) is 0 Å². The minimum atomic E-state index is -0.508. The van der Waals surface area contributed by atoms with Crippen LogP contribution >= 0.6 is 23.2 Å². The van der Waals surface area contributed by atoms with Crippen LogP contribution in [0, 0.1) is 5.82 Å². The minimum absolute atomic E-state index is 0.00847. The molecule has 106 valence electrons. The maximum Gasteiger partial charge on any atom is 0.258 e. The molecule has 0 amide bonds. The lowest BCUT2D eigenvalue weighted by Crippen LogP contribution is -1.87. The molecule has 3 rings (SSSR count). The average Bonchev–Trinajstić information content (AvgIpc) is 2.90. The zero-order valence-electron chi connectivity index (χ0n) is 10.5. The summed E-state index contributed by atoms with van der Waals surface area (Å²) < 4.78 is 18.3. The molecule has 0 saturated carbocycles. The summed E-state index contributed by atoms with van der Waals surface area (Å²) in [6, 6.07) is 9.13. The second-order valence-electron chi connectivity index (χ2n) is 4.33. The zero-order valence-corrected chi connectivity index (χ0v) is 12.0. The van der Waals surface area contributed by atoms with E-state index in [4.69, 9.17) is 33.5 Å². The number of halogens is 3. The molecule has 4 nitrogen and oxygen atoms in total. The van der Waals surface area contributed by atoms with Crippen LogP contribution < -0.4 is 5.73 Å². The Morgan fingerprint density at radius 3 is 2.57 bits per heavy atom. The van der Waals surface area contributed by atoms with Gasteiger partial charge in [0.05, 0.1) is 5.02 Å². The third-order valence-corrected chi connectivity index (χ3v) is 3.28. The third kappa shape index (κ3) is 2.84. The molecule has 0 bridgehead atoms. The first kappa shape index (κ1) is 13.9. The first-order valence-electron chi connectivity index (χ1n) is 5.88. The van der Waals surface area contributed by atoms with E-state index in [0.717, 1.165) is 0 Å². The molecule has 21 heavy (non-hydrogen) atoms. The Bertz CT molecular complexity index is 799. The molecule has 0 saturated heterocycles. The molecule has 0 aliphatic carbocycles. The van der Waals surface area contributed by atoms with Crippen molar-refractivity contribution < 1.29 is 8.91 Å². The quantitative estimate of drug-likeness (QED) is 0.708. The molecule has 7 heteroatoms. The molecular formula is C14H8Cl2FN3O. The number of hydrogen-bond donors (Lipinski definition) is 1. The monoisotopic (exact) mass is 323 g/mol. The molecule has 0 unspecified atom stereocenters. The Morgan fingerprint density at radius 1 is 1.05 bits per heavy atom. The smallest absolute Gasteiger partial charge is 0.258 e. The molecule has 1 aromatic heterocycles. The molecule has 0 fully saturated rings. The fourth-order valence-corrected chi connectivity index (χ4v) is 2.25. The Balaban J connectivity index is 2.01. The van der Waals surface area contributed by atoms with Crippen molar-refractivity contribution in [2.24, 2.45) is 0 Å². The maximum atomic E-state index is 13.1. The van der Waals surface area contributed by atoms with Crippen LogP contribution in [0.15, 0.2) is 40.9 Å². The van der Waals surface area contributed by atoms with E-state index < -0.39 is 5.82 Å². The van der Waals surface area contributed by atoms with Gasteiger partial charge in [-0.05, 0) is 36.4 Å². The summed E-state index contributed by atoms with van der Waals surface area (Å²) >= 11 is 11.7. The maximum absolute atomic E-state index is 13.1. The van der Waals surface area contributed by atoms with Gasteiger partial charge in [0.15, 0.2) is 0 Å². The molecule has 0 spiro atoms. The van der Waals surface area contributed by atoms with Gasteiger partial charge in [0, 0.05) is 21.8 Å². The first-order valence-corrected chi connectivity index (χ1v) is 6.64. The Morgan fingerprint density at radius 2 is 1.86 bits per heavy atom. The molecule has 1 heterocycles. The fraction of sp³-hybridized carbons (Fsp3) is 0. The van der Waals surface area contributed by atoms with E-state index in [9.17, 15) is 4.39 Å². The van der Waals surface area contributed by atoms with Crippen molar-refractivity contribution in [1.82, 2.24) is 10.1 Å². The number of rotatable bonds is 2. The highest BCUT2D eigenvalue weighted by atomic mass is 35.5. The highest BCUT2D eigenvalue weighted by Crippen LogP contribution is 2.28. The summed E-state index contributed by atoms with van der Waals surface area (Å²) in [7, 11) is 0. The summed E-state index contributed by atoms with van der Waals surface area (Å²) in [4.78, 5) is 4.23. The number of nitrogens with zero attached hydrogens (tertiary/aromatic N) is 2. The largest absolute Gasteiger partial charge is 0.399 e. The van der Waals surface area contributed by atoms with Crippen LogP contribution in [0.3, 0.4) is 0 Å². The predicted molar refractivity (Wildman–Crippen MR) is 79.6 cm³/mol. The highest BCUT2D eigenvalue weighted by Gasteiger charge is 2.13. The van der Waals surface area contributed by atoms with Gasteiger partial charge in [-0.25, -0.2) is 4.39 Å². The topological polar surface area (TPSA) is 64.9 Å². The minimum Gasteiger partial charge on any atom is -0.399 e. The van der Waals surface area contributed by atoms with Crippen molar-refractivity contribution >= 4 is 28.9 Å². The molecule has 0 aliphatic heterocycles. The standard InChI is InChI=1S/C14H8Cl2FN3O/c15-9-3-8(4-10(18)6-9)14-19-13(20-21-14)7-1-2-12(17)11(16)5-7/h1-6H,18H2. The van der Waals surface area contributed by atoms with E-state index in [1.165, 1.54) is 18.2 Å². The van der Waals surface area contributed by atoms with E-state index >= 15 is 0 Å². The van der Waals surface area contributed by atoms with Crippen molar-refractivity contribution in [3.05, 3.63) is 52.3 Å². The third-order valence-electron chi connectivity index (χ3n) is 2.77. The average molecular weight is 324 g/mol. The molecule has 0 aliphatic rings. The Labute approximate surface area is 129 Å². The zero-order chi connectivity index (χ0) is 15.0. The van der Waals surface area contributed by atoms with Crippen LogP contribution in [0.25, 0.3) is 22.8 Å². The summed E-state index contributed by atoms with van der Waals surface area (Å²) in [5, 5.41) is 4.30. The van der Waals surface area contributed by atoms with Crippen molar-refractivity contribution in [3.8, 4) is 22.8 Å². The lowest BCUT2D eigenvalue weighted by molar-refractivity contribution is 0.432. The lowest BCUT2D eigenvalue weighted by atomic mass is 10.2. The summed E-state index contributed by atoms with van der Waals surface area (Å²) in [6.07, 6.45) is 0. The fourth-order valence-electron chi connectivity index (χ4n) is 1.83.